The number of anilines is 1. The highest BCUT2D eigenvalue weighted by Crippen LogP contribution is 2.13. The molecule has 1 aromatic heterocycles. The van der Waals surface area contributed by atoms with Crippen LogP contribution < -0.4 is 10.6 Å². The number of nitrogens with one attached hydrogen (secondary N) is 2. The zero-order valence-electron chi connectivity index (χ0n) is 12.1. The lowest BCUT2D eigenvalue weighted by atomic mass is 10.2. The van der Waals surface area contributed by atoms with E-state index in [1.807, 2.05) is 31.2 Å². The van der Waals surface area contributed by atoms with Crippen molar-refractivity contribution in [3.05, 3.63) is 53.5 Å². The molecule has 106 valence electrons. The van der Waals surface area contributed by atoms with Gasteiger partial charge in [0.15, 0.2) is 5.76 Å². The zero-order chi connectivity index (χ0) is 14.5. The smallest absolute Gasteiger partial charge is 0.291 e. The van der Waals surface area contributed by atoms with Gasteiger partial charge in [0.2, 0.25) is 0 Å². The van der Waals surface area contributed by atoms with E-state index in [1.54, 1.807) is 12.1 Å². The van der Waals surface area contributed by atoms with Gasteiger partial charge in [-0.2, -0.15) is 0 Å². The number of hydrogen-bond acceptors (Lipinski definition) is 3. The van der Waals surface area contributed by atoms with Crippen molar-refractivity contribution in [3.8, 4) is 0 Å². The maximum absolute atomic E-state index is 11.9. The van der Waals surface area contributed by atoms with Crippen LogP contribution in [0.25, 0.3) is 0 Å². The van der Waals surface area contributed by atoms with Crippen LogP contribution in [0.3, 0.4) is 0 Å². The summed E-state index contributed by atoms with van der Waals surface area (Å²) in [5.74, 6) is 0.824. The number of aryl methyl sites for hydroxylation is 1. The molecule has 0 aliphatic rings. The Balaban J connectivity index is 1.95. The van der Waals surface area contributed by atoms with Gasteiger partial charge in [-0.1, -0.05) is 26.0 Å². The van der Waals surface area contributed by atoms with Crippen molar-refractivity contribution in [1.82, 2.24) is 5.32 Å². The molecule has 2 aromatic rings. The number of amides is 1. The van der Waals surface area contributed by atoms with Gasteiger partial charge >= 0.3 is 0 Å². The third-order valence-electron chi connectivity index (χ3n) is 2.89. The maximum atomic E-state index is 11.9. The first-order valence-electron chi connectivity index (χ1n) is 6.74. The van der Waals surface area contributed by atoms with Gasteiger partial charge < -0.3 is 15.1 Å². The van der Waals surface area contributed by atoms with Gasteiger partial charge in [-0.15, -0.1) is 0 Å². The molecule has 0 spiro atoms. The lowest BCUT2D eigenvalue weighted by molar-refractivity contribution is 0.0995. The van der Waals surface area contributed by atoms with E-state index >= 15 is 0 Å². The monoisotopic (exact) mass is 272 g/mol. The fourth-order valence-electron chi connectivity index (χ4n) is 1.78. The number of hydrogen-bond donors (Lipinski definition) is 2. The summed E-state index contributed by atoms with van der Waals surface area (Å²) in [6, 6.07) is 11.7. The van der Waals surface area contributed by atoms with E-state index < -0.39 is 0 Å². The molecule has 0 fully saturated rings. The third kappa shape index (κ3) is 3.96. The number of carbonyl (C=O) groups excluding carboxylic acids is 1. The van der Waals surface area contributed by atoms with E-state index in [2.05, 4.69) is 24.5 Å². The molecule has 20 heavy (non-hydrogen) atoms. The van der Waals surface area contributed by atoms with Gasteiger partial charge in [0.1, 0.15) is 5.76 Å². The number of carbonyl (C=O) groups is 1. The van der Waals surface area contributed by atoms with Crippen molar-refractivity contribution < 1.29 is 9.21 Å². The first kappa shape index (κ1) is 14.3. The normalized spacial score (nSPS) is 10.8. The van der Waals surface area contributed by atoms with Gasteiger partial charge in [-0.25, -0.2) is 0 Å². The van der Waals surface area contributed by atoms with Crippen LogP contribution in [0.5, 0.6) is 0 Å². The molecule has 0 saturated carbocycles. The Morgan fingerprint density at radius 2 is 1.85 bits per heavy atom. The molecule has 4 nitrogen and oxygen atoms in total. The Bertz CT molecular complexity index is 570. The average Bonchev–Trinajstić information content (AvgIpc) is 2.85. The molecule has 2 N–H and O–H groups in total. The molecule has 0 saturated heterocycles. The minimum atomic E-state index is -0.230. The average molecular weight is 272 g/mol. The van der Waals surface area contributed by atoms with Crippen molar-refractivity contribution in [2.75, 3.05) is 5.32 Å². The summed E-state index contributed by atoms with van der Waals surface area (Å²) in [6.45, 7) is 6.86. The van der Waals surface area contributed by atoms with Gasteiger partial charge in [-0.3, -0.25) is 4.79 Å². The summed E-state index contributed by atoms with van der Waals surface area (Å²) < 4.78 is 5.28. The number of furan rings is 1. The molecule has 0 unspecified atom stereocenters. The van der Waals surface area contributed by atoms with Gasteiger partial charge in [-0.05, 0) is 36.8 Å². The van der Waals surface area contributed by atoms with Crippen molar-refractivity contribution >= 4 is 11.6 Å². The first-order valence-corrected chi connectivity index (χ1v) is 6.74. The molecule has 2 rings (SSSR count). The van der Waals surface area contributed by atoms with Gasteiger partial charge in [0.05, 0.1) is 0 Å². The summed E-state index contributed by atoms with van der Waals surface area (Å²) in [5.41, 5.74) is 1.95. The number of benzene rings is 1. The van der Waals surface area contributed by atoms with E-state index in [4.69, 9.17) is 4.42 Å². The highest BCUT2D eigenvalue weighted by molar-refractivity contribution is 6.02. The van der Waals surface area contributed by atoms with Crippen LogP contribution in [-0.4, -0.2) is 11.9 Å². The van der Waals surface area contributed by atoms with Gasteiger partial charge in [0.25, 0.3) is 5.91 Å². The lowest BCUT2D eigenvalue weighted by Gasteiger charge is -2.09. The van der Waals surface area contributed by atoms with Crippen molar-refractivity contribution in [2.24, 2.45) is 0 Å². The summed E-state index contributed by atoms with van der Waals surface area (Å²) >= 11 is 0. The van der Waals surface area contributed by atoms with Crippen LogP contribution >= 0.6 is 0 Å². The molecule has 0 aliphatic carbocycles. The van der Waals surface area contributed by atoms with E-state index in [0.717, 1.165) is 18.0 Å². The van der Waals surface area contributed by atoms with Crippen LogP contribution in [0, 0.1) is 6.92 Å². The second-order valence-corrected chi connectivity index (χ2v) is 5.10. The molecule has 0 atom stereocenters. The third-order valence-corrected chi connectivity index (χ3v) is 2.89. The summed E-state index contributed by atoms with van der Waals surface area (Å²) in [4.78, 5) is 11.9. The molecule has 0 aliphatic heterocycles. The van der Waals surface area contributed by atoms with E-state index in [1.165, 1.54) is 5.56 Å². The molecular formula is C16H20N2O2. The van der Waals surface area contributed by atoms with Crippen LogP contribution in [0.15, 0.2) is 40.8 Å². The minimum absolute atomic E-state index is 0.230. The summed E-state index contributed by atoms with van der Waals surface area (Å²) in [6.07, 6.45) is 0. The first-order chi connectivity index (χ1) is 9.54. The van der Waals surface area contributed by atoms with Crippen LogP contribution in [0.2, 0.25) is 0 Å². The molecular weight excluding hydrogens is 252 g/mol. The Morgan fingerprint density at radius 3 is 2.40 bits per heavy atom. The minimum Gasteiger partial charge on any atom is -0.456 e. The summed E-state index contributed by atoms with van der Waals surface area (Å²) in [7, 11) is 0. The quantitative estimate of drug-likeness (QED) is 0.877. The summed E-state index contributed by atoms with van der Waals surface area (Å²) in [5, 5.41) is 6.16. The van der Waals surface area contributed by atoms with Gasteiger partial charge in [0, 0.05) is 18.3 Å². The Morgan fingerprint density at radius 1 is 1.15 bits per heavy atom. The Kier molecular flexibility index (Phi) is 4.58. The molecule has 1 aromatic carbocycles. The SMILES string of the molecule is Cc1ccc(C(=O)Nc2ccc(CNC(C)C)cc2)o1. The van der Waals surface area contributed by atoms with E-state index in [-0.39, 0.29) is 5.91 Å². The molecule has 0 bridgehead atoms. The molecule has 0 radical (unpaired) electrons. The van der Waals surface area contributed by atoms with Crippen molar-refractivity contribution in [3.63, 3.8) is 0 Å². The van der Waals surface area contributed by atoms with E-state index in [9.17, 15) is 4.79 Å². The fourth-order valence-corrected chi connectivity index (χ4v) is 1.78. The second kappa shape index (κ2) is 6.39. The van der Waals surface area contributed by atoms with Crippen LogP contribution in [0.1, 0.15) is 35.7 Å². The predicted molar refractivity (Wildman–Crippen MR) is 79.8 cm³/mol. The topological polar surface area (TPSA) is 54.3 Å². The van der Waals surface area contributed by atoms with Crippen molar-refractivity contribution in [2.45, 2.75) is 33.4 Å². The zero-order valence-corrected chi connectivity index (χ0v) is 12.1. The maximum Gasteiger partial charge on any atom is 0.291 e. The predicted octanol–water partition coefficient (Wildman–Crippen LogP) is 3.34. The highest BCUT2D eigenvalue weighted by Gasteiger charge is 2.09. The fraction of sp³-hybridized carbons (Fsp3) is 0.312. The second-order valence-electron chi connectivity index (χ2n) is 5.10. The Hall–Kier alpha value is -2.07. The standard InChI is InChI=1S/C16H20N2O2/c1-11(2)17-10-13-5-7-14(8-6-13)18-16(19)15-9-4-12(3)20-15/h4-9,11,17H,10H2,1-3H3,(H,18,19). The van der Waals surface area contributed by atoms with Crippen LogP contribution in [0.4, 0.5) is 5.69 Å². The lowest BCUT2D eigenvalue weighted by Crippen LogP contribution is -2.21. The molecule has 4 heteroatoms. The number of rotatable bonds is 5. The van der Waals surface area contributed by atoms with E-state index in [0.29, 0.717) is 11.8 Å². The Labute approximate surface area is 119 Å². The largest absolute Gasteiger partial charge is 0.456 e. The molecule has 1 heterocycles. The van der Waals surface area contributed by atoms with Crippen molar-refractivity contribution in [1.29, 1.82) is 0 Å². The highest BCUT2D eigenvalue weighted by atomic mass is 16.3. The molecule has 1 amide bonds. The van der Waals surface area contributed by atoms with Crippen LogP contribution in [-0.2, 0) is 6.54 Å².